The zero-order chi connectivity index (χ0) is 13.2. The van der Waals surface area contributed by atoms with Crippen molar-refractivity contribution in [3.8, 4) is 0 Å². The Balaban J connectivity index is 2.21. The van der Waals surface area contributed by atoms with Crippen LogP contribution >= 0.6 is 11.6 Å². The van der Waals surface area contributed by atoms with Crippen LogP contribution < -0.4 is 0 Å². The van der Waals surface area contributed by atoms with Gasteiger partial charge in [0.15, 0.2) is 0 Å². The number of carbonyl (C=O) groups excluding carboxylic acids is 1. The highest BCUT2D eigenvalue weighted by Crippen LogP contribution is 2.28. The maximum absolute atomic E-state index is 12.6. The van der Waals surface area contributed by atoms with Crippen LogP contribution in [0.5, 0.6) is 0 Å². The standard InChI is InChI=1S/C14H18ClNO2/c1-14(2,11-4-3-5-12(15)10-11)13(17)16-6-8-18-9-7-16/h3-5,10H,6-9H2,1-2H3. The van der Waals surface area contributed by atoms with E-state index >= 15 is 0 Å². The van der Waals surface area contributed by atoms with Crippen LogP contribution in [0.15, 0.2) is 24.3 Å². The largest absolute Gasteiger partial charge is 0.378 e. The molecule has 1 amide bonds. The average molecular weight is 268 g/mol. The summed E-state index contributed by atoms with van der Waals surface area (Å²) in [4.78, 5) is 14.4. The summed E-state index contributed by atoms with van der Waals surface area (Å²) in [6, 6.07) is 7.51. The van der Waals surface area contributed by atoms with Crippen LogP contribution in [0.3, 0.4) is 0 Å². The molecule has 1 heterocycles. The summed E-state index contributed by atoms with van der Waals surface area (Å²) in [7, 11) is 0. The molecule has 0 saturated carbocycles. The Morgan fingerprint density at radius 2 is 2.00 bits per heavy atom. The van der Waals surface area contributed by atoms with Crippen molar-refractivity contribution in [2.75, 3.05) is 26.3 Å². The van der Waals surface area contributed by atoms with Crippen molar-refractivity contribution in [2.45, 2.75) is 19.3 Å². The number of halogens is 1. The van der Waals surface area contributed by atoms with Crippen LogP contribution in [0.1, 0.15) is 19.4 Å². The predicted octanol–water partition coefficient (Wildman–Crippen LogP) is 2.48. The zero-order valence-corrected chi connectivity index (χ0v) is 11.5. The third kappa shape index (κ3) is 2.68. The Morgan fingerprint density at radius 1 is 1.33 bits per heavy atom. The van der Waals surface area contributed by atoms with Crippen LogP contribution in [0, 0.1) is 0 Å². The van der Waals surface area contributed by atoms with E-state index in [1.807, 2.05) is 43.0 Å². The minimum Gasteiger partial charge on any atom is -0.378 e. The third-order valence-corrected chi connectivity index (χ3v) is 3.61. The van der Waals surface area contributed by atoms with E-state index in [9.17, 15) is 4.79 Å². The molecule has 1 aliphatic heterocycles. The second-order valence-electron chi connectivity index (χ2n) is 5.04. The SMILES string of the molecule is CC(C)(C(=O)N1CCOCC1)c1cccc(Cl)c1. The van der Waals surface area contributed by atoms with Crippen molar-refractivity contribution < 1.29 is 9.53 Å². The van der Waals surface area contributed by atoms with E-state index in [1.54, 1.807) is 0 Å². The summed E-state index contributed by atoms with van der Waals surface area (Å²) in [5, 5.41) is 0.662. The number of carbonyl (C=O) groups is 1. The molecule has 3 nitrogen and oxygen atoms in total. The minimum absolute atomic E-state index is 0.132. The molecule has 2 rings (SSSR count). The Labute approximate surface area is 113 Å². The Morgan fingerprint density at radius 3 is 2.61 bits per heavy atom. The van der Waals surface area contributed by atoms with Crippen LogP contribution in [-0.2, 0) is 14.9 Å². The van der Waals surface area contributed by atoms with Gasteiger partial charge in [0, 0.05) is 18.1 Å². The Hall–Kier alpha value is -1.06. The normalized spacial score (nSPS) is 16.7. The van der Waals surface area contributed by atoms with Gasteiger partial charge < -0.3 is 9.64 Å². The van der Waals surface area contributed by atoms with Gasteiger partial charge in [0.2, 0.25) is 5.91 Å². The van der Waals surface area contributed by atoms with Crippen molar-refractivity contribution in [1.29, 1.82) is 0 Å². The van der Waals surface area contributed by atoms with Crippen LogP contribution in [-0.4, -0.2) is 37.1 Å². The summed E-state index contributed by atoms with van der Waals surface area (Å²) in [5.74, 6) is 0.132. The molecule has 1 aromatic carbocycles. The van der Waals surface area contributed by atoms with Crippen LogP contribution in [0.4, 0.5) is 0 Å². The highest BCUT2D eigenvalue weighted by Gasteiger charge is 2.34. The summed E-state index contributed by atoms with van der Waals surface area (Å²) >= 11 is 6.00. The number of amides is 1. The van der Waals surface area contributed by atoms with Crippen LogP contribution in [0.25, 0.3) is 0 Å². The molecule has 0 radical (unpaired) electrons. The molecule has 1 saturated heterocycles. The molecule has 98 valence electrons. The number of nitrogens with zero attached hydrogens (tertiary/aromatic N) is 1. The average Bonchev–Trinajstić information content (AvgIpc) is 2.39. The minimum atomic E-state index is -0.553. The molecule has 0 aromatic heterocycles. The number of morpholine rings is 1. The monoisotopic (exact) mass is 267 g/mol. The van der Waals surface area contributed by atoms with Crippen LogP contribution in [0.2, 0.25) is 5.02 Å². The summed E-state index contributed by atoms with van der Waals surface area (Å²) in [5.41, 5.74) is 0.397. The fraction of sp³-hybridized carbons (Fsp3) is 0.500. The molecule has 18 heavy (non-hydrogen) atoms. The van der Waals surface area contributed by atoms with Crippen molar-refractivity contribution in [2.24, 2.45) is 0 Å². The van der Waals surface area contributed by atoms with Gasteiger partial charge in [-0.3, -0.25) is 4.79 Å². The van der Waals surface area contributed by atoms with Crippen molar-refractivity contribution >= 4 is 17.5 Å². The molecule has 0 N–H and O–H groups in total. The van der Waals surface area contributed by atoms with E-state index in [4.69, 9.17) is 16.3 Å². The number of ether oxygens (including phenoxy) is 1. The fourth-order valence-electron chi connectivity index (χ4n) is 2.16. The van der Waals surface area contributed by atoms with E-state index in [-0.39, 0.29) is 5.91 Å². The molecular formula is C14H18ClNO2. The number of hydrogen-bond acceptors (Lipinski definition) is 2. The lowest BCUT2D eigenvalue weighted by Crippen LogP contribution is -2.48. The van der Waals surface area contributed by atoms with Crippen molar-refractivity contribution in [3.05, 3.63) is 34.9 Å². The summed E-state index contributed by atoms with van der Waals surface area (Å²) < 4.78 is 5.27. The molecule has 1 aliphatic rings. The molecule has 0 bridgehead atoms. The van der Waals surface area contributed by atoms with E-state index in [0.29, 0.717) is 31.3 Å². The first-order valence-electron chi connectivity index (χ1n) is 6.15. The molecule has 4 heteroatoms. The molecule has 0 unspecified atom stereocenters. The lowest BCUT2D eigenvalue weighted by atomic mass is 9.83. The second kappa shape index (κ2) is 5.29. The fourth-order valence-corrected chi connectivity index (χ4v) is 2.35. The van der Waals surface area contributed by atoms with Gasteiger partial charge in [-0.1, -0.05) is 23.7 Å². The van der Waals surface area contributed by atoms with E-state index in [2.05, 4.69) is 0 Å². The van der Waals surface area contributed by atoms with E-state index < -0.39 is 5.41 Å². The topological polar surface area (TPSA) is 29.5 Å². The van der Waals surface area contributed by atoms with E-state index in [1.165, 1.54) is 0 Å². The van der Waals surface area contributed by atoms with Gasteiger partial charge in [0.05, 0.1) is 18.6 Å². The molecule has 0 aliphatic carbocycles. The molecular weight excluding hydrogens is 250 g/mol. The van der Waals surface area contributed by atoms with Gasteiger partial charge in [-0.15, -0.1) is 0 Å². The van der Waals surface area contributed by atoms with Crippen molar-refractivity contribution in [1.82, 2.24) is 4.90 Å². The Bertz CT molecular complexity index is 439. The van der Waals surface area contributed by atoms with Crippen molar-refractivity contribution in [3.63, 3.8) is 0 Å². The van der Waals surface area contributed by atoms with Gasteiger partial charge in [-0.2, -0.15) is 0 Å². The number of rotatable bonds is 2. The van der Waals surface area contributed by atoms with Gasteiger partial charge in [-0.05, 0) is 31.5 Å². The number of benzene rings is 1. The first-order chi connectivity index (χ1) is 8.51. The van der Waals surface area contributed by atoms with E-state index in [0.717, 1.165) is 5.56 Å². The second-order valence-corrected chi connectivity index (χ2v) is 5.48. The first kappa shape index (κ1) is 13.4. The molecule has 1 fully saturated rings. The smallest absolute Gasteiger partial charge is 0.232 e. The highest BCUT2D eigenvalue weighted by atomic mass is 35.5. The van der Waals surface area contributed by atoms with Gasteiger partial charge in [0.1, 0.15) is 0 Å². The highest BCUT2D eigenvalue weighted by molar-refractivity contribution is 6.30. The lowest BCUT2D eigenvalue weighted by Gasteiger charge is -2.34. The maximum atomic E-state index is 12.6. The summed E-state index contributed by atoms with van der Waals surface area (Å²) in [6.07, 6.45) is 0. The summed E-state index contributed by atoms with van der Waals surface area (Å²) in [6.45, 7) is 6.47. The predicted molar refractivity (Wildman–Crippen MR) is 71.9 cm³/mol. The van der Waals surface area contributed by atoms with Gasteiger partial charge in [-0.25, -0.2) is 0 Å². The maximum Gasteiger partial charge on any atom is 0.232 e. The first-order valence-corrected chi connectivity index (χ1v) is 6.53. The molecule has 0 spiro atoms. The molecule has 1 aromatic rings. The lowest BCUT2D eigenvalue weighted by molar-refractivity contribution is -0.140. The Kier molecular flexibility index (Phi) is 3.93. The third-order valence-electron chi connectivity index (χ3n) is 3.38. The quantitative estimate of drug-likeness (QED) is 0.824. The molecule has 0 atom stereocenters. The number of hydrogen-bond donors (Lipinski definition) is 0. The van der Waals surface area contributed by atoms with Gasteiger partial charge in [0.25, 0.3) is 0 Å². The zero-order valence-electron chi connectivity index (χ0n) is 10.8. The van der Waals surface area contributed by atoms with Gasteiger partial charge >= 0.3 is 0 Å².